The van der Waals surface area contributed by atoms with Crippen molar-refractivity contribution < 1.29 is 9.53 Å². The summed E-state index contributed by atoms with van der Waals surface area (Å²) in [6.45, 7) is 2.24. The summed E-state index contributed by atoms with van der Waals surface area (Å²) in [4.78, 5) is 17.0. The minimum atomic E-state index is -0.0236. The Morgan fingerprint density at radius 2 is 2.00 bits per heavy atom. The van der Waals surface area contributed by atoms with Crippen LogP contribution in [0.4, 0.5) is 0 Å². The smallest absolute Gasteiger partial charge is 0.251 e. The quantitative estimate of drug-likeness (QED) is 0.775. The van der Waals surface area contributed by atoms with Gasteiger partial charge < -0.3 is 10.1 Å². The van der Waals surface area contributed by atoms with Gasteiger partial charge in [-0.15, -0.1) is 0 Å². The number of benzene rings is 2. The fourth-order valence-corrected chi connectivity index (χ4v) is 3.58. The fraction of sp³-hybridized carbons (Fsp3) is 0.273. The average molecular weight is 346 g/mol. The standard InChI is InChI=1S/C22H22N2O2/c25-22(24-13-16-5-4-12-26-15-16)21-10-2-8-19-18(7-1-9-20(19)21)17-6-3-11-23-14-17/h1-3,6-11,14,16H,4-5,12-13,15H2,(H,24,25). The molecule has 1 aliphatic heterocycles. The number of hydrogen-bond donors (Lipinski definition) is 1. The van der Waals surface area contributed by atoms with Crippen LogP contribution in [0.3, 0.4) is 0 Å². The number of fused-ring (bicyclic) bond motifs is 1. The molecule has 4 heteroatoms. The monoisotopic (exact) mass is 346 g/mol. The van der Waals surface area contributed by atoms with Crippen LogP contribution in [0.5, 0.6) is 0 Å². The van der Waals surface area contributed by atoms with Crippen molar-refractivity contribution >= 4 is 16.7 Å². The fourth-order valence-electron chi connectivity index (χ4n) is 3.58. The van der Waals surface area contributed by atoms with Gasteiger partial charge in [-0.3, -0.25) is 9.78 Å². The van der Waals surface area contributed by atoms with E-state index in [0.29, 0.717) is 18.0 Å². The Kier molecular flexibility index (Phi) is 4.93. The Bertz CT molecular complexity index is 902. The normalized spacial score (nSPS) is 17.2. The maximum Gasteiger partial charge on any atom is 0.251 e. The number of hydrogen-bond acceptors (Lipinski definition) is 3. The number of carbonyl (C=O) groups is 1. The van der Waals surface area contributed by atoms with Gasteiger partial charge in [0.25, 0.3) is 5.91 Å². The van der Waals surface area contributed by atoms with Crippen molar-refractivity contribution in [2.45, 2.75) is 12.8 Å². The maximum absolute atomic E-state index is 12.8. The highest BCUT2D eigenvalue weighted by Crippen LogP contribution is 2.30. The van der Waals surface area contributed by atoms with Crippen LogP contribution >= 0.6 is 0 Å². The number of pyridine rings is 1. The number of nitrogens with zero attached hydrogens (tertiary/aromatic N) is 1. The first-order valence-corrected chi connectivity index (χ1v) is 9.11. The van der Waals surface area contributed by atoms with Gasteiger partial charge in [-0.1, -0.05) is 36.4 Å². The molecule has 26 heavy (non-hydrogen) atoms. The van der Waals surface area contributed by atoms with E-state index in [1.165, 1.54) is 0 Å². The van der Waals surface area contributed by atoms with E-state index < -0.39 is 0 Å². The molecular formula is C22H22N2O2. The second-order valence-corrected chi connectivity index (χ2v) is 6.74. The van der Waals surface area contributed by atoms with Crippen LogP contribution in [-0.4, -0.2) is 30.6 Å². The van der Waals surface area contributed by atoms with Gasteiger partial charge >= 0.3 is 0 Å². The largest absolute Gasteiger partial charge is 0.381 e. The van der Waals surface area contributed by atoms with Crippen molar-refractivity contribution in [3.63, 3.8) is 0 Å². The molecule has 4 rings (SSSR count). The van der Waals surface area contributed by atoms with Crippen molar-refractivity contribution in [2.24, 2.45) is 5.92 Å². The molecule has 3 aromatic rings. The maximum atomic E-state index is 12.8. The molecule has 132 valence electrons. The van der Waals surface area contributed by atoms with Crippen LogP contribution in [0, 0.1) is 5.92 Å². The van der Waals surface area contributed by atoms with E-state index in [0.717, 1.165) is 48.0 Å². The number of rotatable bonds is 4. The van der Waals surface area contributed by atoms with Gasteiger partial charge in [-0.05, 0) is 47.2 Å². The first-order valence-electron chi connectivity index (χ1n) is 9.11. The zero-order chi connectivity index (χ0) is 17.8. The Morgan fingerprint density at radius 3 is 2.81 bits per heavy atom. The van der Waals surface area contributed by atoms with Crippen molar-refractivity contribution in [3.8, 4) is 11.1 Å². The van der Waals surface area contributed by atoms with Gasteiger partial charge in [0.15, 0.2) is 0 Å². The zero-order valence-electron chi connectivity index (χ0n) is 14.7. The summed E-state index contributed by atoms with van der Waals surface area (Å²) in [5, 5.41) is 5.12. The Morgan fingerprint density at radius 1 is 1.12 bits per heavy atom. The predicted octanol–water partition coefficient (Wildman–Crippen LogP) is 4.06. The molecule has 1 atom stereocenters. The Labute approximate surface area is 153 Å². The zero-order valence-corrected chi connectivity index (χ0v) is 14.7. The second kappa shape index (κ2) is 7.67. The highest BCUT2D eigenvalue weighted by atomic mass is 16.5. The average Bonchev–Trinajstić information content (AvgIpc) is 2.72. The second-order valence-electron chi connectivity index (χ2n) is 6.74. The van der Waals surface area contributed by atoms with Gasteiger partial charge in [0.05, 0.1) is 6.61 Å². The van der Waals surface area contributed by atoms with Crippen molar-refractivity contribution in [3.05, 3.63) is 66.5 Å². The molecule has 0 spiro atoms. The van der Waals surface area contributed by atoms with E-state index >= 15 is 0 Å². The van der Waals surface area contributed by atoms with Crippen LogP contribution in [0.2, 0.25) is 0 Å². The SMILES string of the molecule is O=C(NCC1CCCOC1)c1cccc2c(-c3cccnc3)cccc12. The summed E-state index contributed by atoms with van der Waals surface area (Å²) >= 11 is 0. The van der Waals surface area contributed by atoms with Gasteiger partial charge in [-0.2, -0.15) is 0 Å². The number of aromatic nitrogens is 1. The van der Waals surface area contributed by atoms with Crippen LogP contribution < -0.4 is 5.32 Å². The third-order valence-corrected chi connectivity index (χ3v) is 4.95. The first-order chi connectivity index (χ1) is 12.8. The molecule has 4 nitrogen and oxygen atoms in total. The third-order valence-electron chi connectivity index (χ3n) is 4.95. The molecule has 0 saturated carbocycles. The highest BCUT2D eigenvalue weighted by molar-refractivity contribution is 6.10. The lowest BCUT2D eigenvalue weighted by molar-refractivity contribution is 0.0536. The van der Waals surface area contributed by atoms with Gasteiger partial charge in [0.2, 0.25) is 0 Å². The highest BCUT2D eigenvalue weighted by Gasteiger charge is 2.17. The minimum Gasteiger partial charge on any atom is -0.381 e. The molecule has 0 bridgehead atoms. The van der Waals surface area contributed by atoms with Crippen LogP contribution in [0.1, 0.15) is 23.2 Å². The molecule has 1 saturated heterocycles. The molecule has 2 heterocycles. The van der Waals surface area contributed by atoms with Gasteiger partial charge in [-0.25, -0.2) is 0 Å². The Balaban J connectivity index is 1.62. The lowest BCUT2D eigenvalue weighted by Crippen LogP contribution is -2.33. The van der Waals surface area contributed by atoms with E-state index in [9.17, 15) is 4.79 Å². The molecule has 1 amide bonds. The summed E-state index contributed by atoms with van der Waals surface area (Å²) in [6.07, 6.45) is 5.80. The summed E-state index contributed by atoms with van der Waals surface area (Å²) in [7, 11) is 0. The molecule has 1 fully saturated rings. The topological polar surface area (TPSA) is 51.2 Å². The number of amides is 1. The van der Waals surface area contributed by atoms with Crippen LogP contribution in [0.15, 0.2) is 60.9 Å². The molecule has 1 N–H and O–H groups in total. The molecular weight excluding hydrogens is 324 g/mol. The van der Waals surface area contributed by atoms with E-state index in [2.05, 4.69) is 22.4 Å². The van der Waals surface area contributed by atoms with Gasteiger partial charge in [0, 0.05) is 36.7 Å². The van der Waals surface area contributed by atoms with Crippen molar-refractivity contribution in [1.82, 2.24) is 10.3 Å². The molecule has 1 aliphatic rings. The lowest BCUT2D eigenvalue weighted by Gasteiger charge is -2.22. The summed E-state index contributed by atoms with van der Waals surface area (Å²) in [5.74, 6) is 0.387. The summed E-state index contributed by atoms with van der Waals surface area (Å²) in [6, 6.07) is 15.9. The summed E-state index contributed by atoms with van der Waals surface area (Å²) in [5.41, 5.74) is 2.85. The number of nitrogens with one attached hydrogen (secondary N) is 1. The number of ether oxygens (including phenoxy) is 1. The Hall–Kier alpha value is -2.72. The predicted molar refractivity (Wildman–Crippen MR) is 103 cm³/mol. The third kappa shape index (κ3) is 3.46. The molecule has 0 radical (unpaired) electrons. The van der Waals surface area contributed by atoms with Gasteiger partial charge in [0.1, 0.15) is 0 Å². The molecule has 2 aromatic carbocycles. The van der Waals surface area contributed by atoms with E-state index in [4.69, 9.17) is 4.74 Å². The van der Waals surface area contributed by atoms with Crippen molar-refractivity contribution in [1.29, 1.82) is 0 Å². The number of carbonyl (C=O) groups excluding carboxylic acids is 1. The molecule has 0 aliphatic carbocycles. The van der Waals surface area contributed by atoms with Crippen LogP contribution in [0.25, 0.3) is 21.9 Å². The van der Waals surface area contributed by atoms with Crippen molar-refractivity contribution in [2.75, 3.05) is 19.8 Å². The molecule has 1 unspecified atom stereocenters. The van der Waals surface area contributed by atoms with E-state index in [1.807, 2.05) is 42.6 Å². The van der Waals surface area contributed by atoms with E-state index in [1.54, 1.807) is 6.20 Å². The van der Waals surface area contributed by atoms with E-state index in [-0.39, 0.29) is 5.91 Å². The summed E-state index contributed by atoms with van der Waals surface area (Å²) < 4.78 is 5.50. The first kappa shape index (κ1) is 16.7. The molecule has 1 aromatic heterocycles. The minimum absolute atomic E-state index is 0.0236. The lowest BCUT2D eigenvalue weighted by atomic mass is 9.96. The van der Waals surface area contributed by atoms with Crippen LogP contribution in [-0.2, 0) is 4.74 Å².